The quantitative estimate of drug-likeness (QED) is 0.275. The number of rotatable bonds is 8. The normalized spacial score (nSPS) is 16.2. The van der Waals surface area contributed by atoms with E-state index in [1.807, 2.05) is 31.2 Å². The van der Waals surface area contributed by atoms with Crippen LogP contribution in [0.4, 0.5) is 20.6 Å². The van der Waals surface area contributed by atoms with Crippen LogP contribution < -0.4 is 15.4 Å². The summed E-state index contributed by atoms with van der Waals surface area (Å²) < 4.78 is 24.5. The average molecular weight is 554 g/mol. The average Bonchev–Trinajstić information content (AvgIpc) is 3.31. The molecule has 1 aliphatic rings. The topological polar surface area (TPSA) is 97.0 Å². The number of para-hydroxylation sites is 1. The van der Waals surface area contributed by atoms with Crippen molar-refractivity contribution in [3.05, 3.63) is 125 Å². The van der Waals surface area contributed by atoms with Crippen molar-refractivity contribution in [2.45, 2.75) is 25.6 Å². The van der Waals surface area contributed by atoms with Crippen molar-refractivity contribution in [2.75, 3.05) is 17.7 Å². The standard InChI is InChI=1S/C32H28FN3O5/c1-20-10-12-21(13-11-20)19-36-28(31(38)34-24-16-14-23(33)15-17-24)29(41-32(36)39)22-6-5-7-25(18-22)35-30(37)26-8-3-4-9-27(26)40-2/h3-18,28-29H,19H2,1-2H3,(H,34,38)(H,35,37). The van der Waals surface area contributed by atoms with E-state index in [0.717, 1.165) is 11.1 Å². The minimum atomic E-state index is -1.05. The van der Waals surface area contributed by atoms with Crippen LogP contribution in [0.15, 0.2) is 97.1 Å². The third kappa shape index (κ3) is 6.19. The monoisotopic (exact) mass is 553 g/mol. The lowest BCUT2D eigenvalue weighted by Crippen LogP contribution is -2.43. The van der Waals surface area contributed by atoms with E-state index < -0.39 is 30.0 Å². The van der Waals surface area contributed by atoms with Crippen LogP contribution in [0.25, 0.3) is 0 Å². The lowest BCUT2D eigenvalue weighted by molar-refractivity contribution is -0.121. The van der Waals surface area contributed by atoms with Gasteiger partial charge >= 0.3 is 6.09 Å². The summed E-state index contributed by atoms with van der Waals surface area (Å²) in [6, 6.07) is 25.6. The molecule has 41 heavy (non-hydrogen) atoms. The number of hydrogen-bond donors (Lipinski definition) is 2. The van der Waals surface area contributed by atoms with E-state index in [0.29, 0.717) is 28.3 Å². The number of nitrogens with zero attached hydrogens (tertiary/aromatic N) is 1. The van der Waals surface area contributed by atoms with Gasteiger partial charge in [-0.05, 0) is 66.6 Å². The van der Waals surface area contributed by atoms with E-state index >= 15 is 0 Å². The minimum absolute atomic E-state index is 0.140. The highest BCUT2D eigenvalue weighted by Gasteiger charge is 2.47. The van der Waals surface area contributed by atoms with Crippen LogP contribution in [0.1, 0.15) is 33.2 Å². The fraction of sp³-hybridized carbons (Fsp3) is 0.156. The minimum Gasteiger partial charge on any atom is -0.496 e. The van der Waals surface area contributed by atoms with Crippen LogP contribution in [-0.2, 0) is 16.1 Å². The second-order valence-electron chi connectivity index (χ2n) is 9.64. The van der Waals surface area contributed by atoms with Gasteiger partial charge in [0.1, 0.15) is 11.6 Å². The summed E-state index contributed by atoms with van der Waals surface area (Å²) in [5.41, 5.74) is 3.58. The maximum atomic E-state index is 13.6. The Morgan fingerprint density at radius 2 is 1.63 bits per heavy atom. The first-order valence-corrected chi connectivity index (χ1v) is 13.0. The van der Waals surface area contributed by atoms with Gasteiger partial charge in [-0.1, -0.05) is 54.1 Å². The van der Waals surface area contributed by atoms with Gasteiger partial charge in [-0.25, -0.2) is 9.18 Å². The van der Waals surface area contributed by atoms with Gasteiger partial charge in [0.15, 0.2) is 12.1 Å². The number of anilines is 2. The van der Waals surface area contributed by atoms with Gasteiger partial charge in [0, 0.05) is 11.4 Å². The molecule has 3 amide bonds. The molecule has 2 atom stereocenters. The first kappa shape index (κ1) is 27.4. The Balaban J connectivity index is 1.44. The number of hydrogen-bond acceptors (Lipinski definition) is 5. The number of halogens is 1. The number of benzene rings is 4. The highest BCUT2D eigenvalue weighted by atomic mass is 19.1. The molecule has 0 radical (unpaired) electrons. The van der Waals surface area contributed by atoms with Gasteiger partial charge in [0.2, 0.25) is 0 Å². The summed E-state index contributed by atoms with van der Waals surface area (Å²) in [5, 5.41) is 5.62. The molecular formula is C32H28FN3O5. The summed E-state index contributed by atoms with van der Waals surface area (Å²) >= 11 is 0. The zero-order chi connectivity index (χ0) is 28.9. The number of carbonyl (C=O) groups is 3. The fourth-order valence-corrected chi connectivity index (χ4v) is 4.67. The molecule has 2 N–H and O–H groups in total. The van der Waals surface area contributed by atoms with Crippen LogP contribution in [0.3, 0.4) is 0 Å². The lowest BCUT2D eigenvalue weighted by Gasteiger charge is -2.24. The van der Waals surface area contributed by atoms with Crippen molar-refractivity contribution in [1.29, 1.82) is 0 Å². The molecule has 8 nitrogen and oxygen atoms in total. The molecule has 1 aliphatic heterocycles. The SMILES string of the molecule is COc1ccccc1C(=O)Nc1cccc(C2OC(=O)N(Cc3ccc(C)cc3)C2C(=O)Nc2ccc(F)cc2)c1. The van der Waals surface area contributed by atoms with Gasteiger partial charge in [0.05, 0.1) is 19.2 Å². The van der Waals surface area contributed by atoms with Crippen LogP contribution in [-0.4, -0.2) is 36.0 Å². The number of cyclic esters (lactones) is 1. The first-order chi connectivity index (χ1) is 19.8. The van der Waals surface area contributed by atoms with E-state index in [2.05, 4.69) is 10.6 Å². The number of carbonyl (C=O) groups excluding carboxylic acids is 3. The Bertz CT molecular complexity index is 1570. The molecule has 0 spiro atoms. The highest BCUT2D eigenvalue weighted by molar-refractivity contribution is 6.06. The zero-order valence-corrected chi connectivity index (χ0v) is 22.5. The van der Waals surface area contributed by atoms with Crippen LogP contribution in [0.5, 0.6) is 5.75 Å². The Morgan fingerprint density at radius 1 is 0.902 bits per heavy atom. The van der Waals surface area contributed by atoms with Crippen molar-refractivity contribution in [2.24, 2.45) is 0 Å². The van der Waals surface area contributed by atoms with Crippen molar-refractivity contribution in [3.8, 4) is 5.75 Å². The molecular weight excluding hydrogens is 525 g/mol. The van der Waals surface area contributed by atoms with Crippen molar-refractivity contribution < 1.29 is 28.2 Å². The Kier molecular flexibility index (Phi) is 7.96. The predicted molar refractivity (Wildman–Crippen MR) is 152 cm³/mol. The van der Waals surface area contributed by atoms with Crippen LogP contribution in [0.2, 0.25) is 0 Å². The predicted octanol–water partition coefficient (Wildman–Crippen LogP) is 6.10. The number of ether oxygens (including phenoxy) is 2. The number of methoxy groups -OCH3 is 1. The Labute approximate surface area is 236 Å². The summed E-state index contributed by atoms with van der Waals surface area (Å²) in [7, 11) is 1.49. The van der Waals surface area contributed by atoms with Gasteiger partial charge in [0.25, 0.3) is 11.8 Å². The largest absolute Gasteiger partial charge is 0.496 e. The van der Waals surface area contributed by atoms with Crippen LogP contribution in [0, 0.1) is 12.7 Å². The van der Waals surface area contributed by atoms with Gasteiger partial charge in [-0.15, -0.1) is 0 Å². The summed E-state index contributed by atoms with van der Waals surface area (Å²) in [5.74, 6) is -0.888. The van der Waals surface area contributed by atoms with Crippen LogP contribution >= 0.6 is 0 Å². The molecule has 0 saturated carbocycles. The summed E-state index contributed by atoms with van der Waals surface area (Å²) in [4.78, 5) is 41.1. The zero-order valence-electron chi connectivity index (χ0n) is 22.5. The van der Waals surface area contributed by atoms with E-state index in [-0.39, 0.29) is 12.5 Å². The maximum absolute atomic E-state index is 13.6. The fourth-order valence-electron chi connectivity index (χ4n) is 4.67. The Hall–Kier alpha value is -5.18. The smallest absolute Gasteiger partial charge is 0.411 e. The molecule has 1 heterocycles. The van der Waals surface area contributed by atoms with Gasteiger partial charge in [-0.2, -0.15) is 0 Å². The molecule has 0 aliphatic carbocycles. The first-order valence-electron chi connectivity index (χ1n) is 13.0. The number of nitrogens with one attached hydrogen (secondary N) is 2. The van der Waals surface area contributed by atoms with Crippen molar-refractivity contribution in [1.82, 2.24) is 4.90 Å². The third-order valence-electron chi connectivity index (χ3n) is 6.76. The second-order valence-corrected chi connectivity index (χ2v) is 9.64. The van der Waals surface area contributed by atoms with E-state index in [4.69, 9.17) is 9.47 Å². The van der Waals surface area contributed by atoms with E-state index in [9.17, 15) is 18.8 Å². The molecule has 2 unspecified atom stereocenters. The Morgan fingerprint density at radius 3 is 2.37 bits per heavy atom. The molecule has 4 aromatic carbocycles. The molecule has 0 aromatic heterocycles. The van der Waals surface area contributed by atoms with Gasteiger partial charge < -0.3 is 20.1 Å². The van der Waals surface area contributed by atoms with Gasteiger partial charge in [-0.3, -0.25) is 14.5 Å². The third-order valence-corrected chi connectivity index (χ3v) is 6.76. The molecule has 0 bridgehead atoms. The molecule has 4 aromatic rings. The number of amides is 3. The number of aryl methyl sites for hydroxylation is 1. The molecule has 208 valence electrons. The molecule has 9 heteroatoms. The maximum Gasteiger partial charge on any atom is 0.411 e. The van der Waals surface area contributed by atoms with Crippen molar-refractivity contribution in [3.63, 3.8) is 0 Å². The molecule has 1 fully saturated rings. The molecule has 1 saturated heterocycles. The summed E-state index contributed by atoms with van der Waals surface area (Å²) in [6.07, 6.45) is -1.63. The second kappa shape index (κ2) is 11.9. The lowest BCUT2D eigenvalue weighted by atomic mass is 9.99. The van der Waals surface area contributed by atoms with Crippen molar-refractivity contribution >= 4 is 29.3 Å². The molecule has 5 rings (SSSR count). The van der Waals surface area contributed by atoms with E-state index in [1.165, 1.54) is 36.3 Å². The summed E-state index contributed by atoms with van der Waals surface area (Å²) in [6.45, 7) is 2.10. The highest BCUT2D eigenvalue weighted by Crippen LogP contribution is 2.36. The van der Waals surface area contributed by atoms with E-state index in [1.54, 1.807) is 48.5 Å².